The van der Waals surface area contributed by atoms with Crippen LogP contribution in [-0.4, -0.2) is 25.2 Å². The van der Waals surface area contributed by atoms with Crippen LogP contribution in [0.1, 0.15) is 177 Å². The monoisotopic (exact) mass is 743 g/mol. The molecule has 3 rings (SSSR count). The second-order valence-electron chi connectivity index (χ2n) is 14.8. The molecular weight excluding hydrogens is 673 g/mol. The highest BCUT2D eigenvalue weighted by Gasteiger charge is 2.15. The van der Waals surface area contributed by atoms with Gasteiger partial charge in [0.2, 0.25) is 0 Å². The lowest BCUT2D eigenvalue weighted by atomic mass is 10.1. The molecule has 3 aromatic carbocycles. The molecule has 0 aliphatic rings. The van der Waals surface area contributed by atoms with E-state index in [0.29, 0.717) is 48.2 Å². The Labute approximate surface area is 327 Å². The van der Waals surface area contributed by atoms with Crippen LogP contribution in [0.2, 0.25) is 0 Å². The fraction of sp³-hybridized carbons (Fsp3) is 0.583. The first-order valence-corrected chi connectivity index (χ1v) is 21.6. The van der Waals surface area contributed by atoms with Crippen molar-refractivity contribution in [2.24, 2.45) is 0 Å². The summed E-state index contributed by atoms with van der Waals surface area (Å²) in [6.45, 7) is 5.73. The van der Waals surface area contributed by atoms with Gasteiger partial charge in [-0.15, -0.1) is 0 Å². The first-order valence-electron chi connectivity index (χ1n) is 21.6. The summed E-state index contributed by atoms with van der Waals surface area (Å²) in [6.07, 6.45) is 28.3. The maximum atomic E-state index is 13.2. The molecule has 0 saturated heterocycles. The number of rotatable bonds is 32. The third-order valence-electron chi connectivity index (χ3n) is 9.90. The van der Waals surface area contributed by atoms with Gasteiger partial charge in [-0.3, -0.25) is 4.79 Å². The summed E-state index contributed by atoms with van der Waals surface area (Å²) >= 11 is 0. The Morgan fingerprint density at radius 2 is 0.944 bits per heavy atom. The summed E-state index contributed by atoms with van der Waals surface area (Å²) in [5.41, 5.74) is 1.67. The molecule has 0 bridgehead atoms. The van der Waals surface area contributed by atoms with Crippen molar-refractivity contribution in [3.63, 3.8) is 0 Å². The average molecular weight is 743 g/mol. The maximum Gasteiger partial charge on any atom is 0.343 e. The molecule has 0 saturated carbocycles. The van der Waals surface area contributed by atoms with Crippen LogP contribution < -0.4 is 18.9 Å². The van der Waals surface area contributed by atoms with Gasteiger partial charge < -0.3 is 18.9 Å². The number of carbonyl (C=O) groups excluding carboxylic acids is 2. The zero-order valence-electron chi connectivity index (χ0n) is 33.8. The Balaban J connectivity index is 1.44. The van der Waals surface area contributed by atoms with E-state index >= 15 is 0 Å². The Morgan fingerprint density at radius 3 is 1.48 bits per heavy atom. The van der Waals surface area contributed by atoms with Crippen LogP contribution in [-0.2, 0) is 11.2 Å². The highest BCUT2D eigenvalue weighted by atomic mass is 16.5. The van der Waals surface area contributed by atoms with Crippen molar-refractivity contribution in [1.29, 1.82) is 0 Å². The number of aryl methyl sites for hydroxylation is 1. The fourth-order valence-corrected chi connectivity index (χ4v) is 6.58. The SMILES string of the molecule is CCCCCCCCCCCCOc1ccc(C(=O)Oc2ccc(OC(=O)CCCCc3ccccc3)cc2)cc1OCCCCCCCCCCCC. The molecule has 0 atom stereocenters. The molecule has 6 heteroatoms. The van der Waals surface area contributed by atoms with E-state index in [4.69, 9.17) is 18.9 Å². The van der Waals surface area contributed by atoms with Crippen molar-refractivity contribution in [3.8, 4) is 23.0 Å². The van der Waals surface area contributed by atoms with E-state index in [1.807, 2.05) is 24.3 Å². The summed E-state index contributed by atoms with van der Waals surface area (Å²) in [7, 11) is 0. The van der Waals surface area contributed by atoms with Gasteiger partial charge in [0.25, 0.3) is 0 Å². The Hall–Kier alpha value is -3.80. The molecule has 0 heterocycles. The first-order chi connectivity index (χ1) is 26.6. The minimum atomic E-state index is -0.483. The third kappa shape index (κ3) is 20.6. The second kappa shape index (κ2) is 29.5. The summed E-state index contributed by atoms with van der Waals surface area (Å²) < 4.78 is 23.6. The Bertz CT molecular complexity index is 1390. The number of carbonyl (C=O) groups is 2. The number of benzene rings is 3. The van der Waals surface area contributed by atoms with E-state index in [1.54, 1.807) is 36.4 Å². The number of unbranched alkanes of at least 4 members (excludes halogenated alkanes) is 19. The zero-order valence-corrected chi connectivity index (χ0v) is 33.8. The van der Waals surface area contributed by atoms with Crippen LogP contribution in [0.4, 0.5) is 0 Å². The molecular formula is C48H70O6. The standard InChI is InChI=1S/C48H70O6/c1-3-5-7-9-11-13-15-17-19-26-38-51-45-37-32-42(40-46(45)52-39-27-20-18-16-14-12-10-8-6-4-2)48(50)54-44-35-33-43(34-36-44)53-47(49)31-25-24-30-41-28-22-21-23-29-41/h21-23,28-29,32-37,40H,3-20,24-27,30-31,38-39H2,1-2H3. The molecule has 0 aromatic heterocycles. The van der Waals surface area contributed by atoms with Gasteiger partial charge >= 0.3 is 11.9 Å². The number of hydrogen-bond acceptors (Lipinski definition) is 6. The van der Waals surface area contributed by atoms with Gasteiger partial charge in [0.05, 0.1) is 18.8 Å². The van der Waals surface area contributed by atoms with Gasteiger partial charge in [0.1, 0.15) is 11.5 Å². The van der Waals surface area contributed by atoms with E-state index in [1.165, 1.54) is 108 Å². The highest BCUT2D eigenvalue weighted by Crippen LogP contribution is 2.30. The van der Waals surface area contributed by atoms with Gasteiger partial charge in [-0.05, 0) is 80.1 Å². The molecule has 6 nitrogen and oxygen atoms in total. The van der Waals surface area contributed by atoms with Crippen LogP contribution in [0.15, 0.2) is 72.8 Å². The van der Waals surface area contributed by atoms with E-state index in [-0.39, 0.29) is 5.97 Å². The molecule has 0 spiro atoms. The molecule has 298 valence electrons. The van der Waals surface area contributed by atoms with Crippen LogP contribution >= 0.6 is 0 Å². The molecule has 0 amide bonds. The molecule has 0 N–H and O–H groups in total. The topological polar surface area (TPSA) is 71.1 Å². The van der Waals surface area contributed by atoms with Crippen LogP contribution in [0.25, 0.3) is 0 Å². The summed E-state index contributed by atoms with van der Waals surface area (Å²) in [4.78, 5) is 25.6. The van der Waals surface area contributed by atoms with E-state index in [0.717, 1.165) is 44.9 Å². The van der Waals surface area contributed by atoms with Crippen LogP contribution in [0, 0.1) is 0 Å². The first kappa shape index (κ1) is 44.6. The fourth-order valence-electron chi connectivity index (χ4n) is 6.58. The lowest BCUT2D eigenvalue weighted by Crippen LogP contribution is -2.10. The highest BCUT2D eigenvalue weighted by molar-refractivity contribution is 5.91. The predicted molar refractivity (Wildman–Crippen MR) is 222 cm³/mol. The number of ether oxygens (including phenoxy) is 4. The minimum absolute atomic E-state index is 0.270. The molecule has 0 aliphatic heterocycles. The van der Waals surface area contributed by atoms with Crippen molar-refractivity contribution in [1.82, 2.24) is 0 Å². The number of esters is 2. The van der Waals surface area contributed by atoms with E-state index < -0.39 is 5.97 Å². The molecule has 0 radical (unpaired) electrons. The minimum Gasteiger partial charge on any atom is -0.490 e. The summed E-state index contributed by atoms with van der Waals surface area (Å²) in [5, 5.41) is 0. The quantitative estimate of drug-likeness (QED) is 0.0360. The Morgan fingerprint density at radius 1 is 0.463 bits per heavy atom. The lowest BCUT2D eigenvalue weighted by Gasteiger charge is -2.14. The zero-order chi connectivity index (χ0) is 38.3. The van der Waals surface area contributed by atoms with Crippen LogP contribution in [0.5, 0.6) is 23.0 Å². The summed E-state index contributed by atoms with van der Waals surface area (Å²) in [6, 6.07) is 22.1. The van der Waals surface area contributed by atoms with Crippen molar-refractivity contribution in [3.05, 3.63) is 83.9 Å². The molecule has 0 aliphatic carbocycles. The predicted octanol–water partition coefficient (Wildman–Crippen LogP) is 13.8. The van der Waals surface area contributed by atoms with Gasteiger partial charge in [0.15, 0.2) is 11.5 Å². The third-order valence-corrected chi connectivity index (χ3v) is 9.90. The summed E-state index contributed by atoms with van der Waals surface area (Å²) in [5.74, 6) is 1.29. The van der Waals surface area contributed by atoms with Crippen molar-refractivity contribution in [2.75, 3.05) is 13.2 Å². The van der Waals surface area contributed by atoms with Crippen molar-refractivity contribution < 1.29 is 28.5 Å². The Kier molecular flexibility index (Phi) is 24.4. The van der Waals surface area contributed by atoms with Crippen LogP contribution in [0.3, 0.4) is 0 Å². The largest absolute Gasteiger partial charge is 0.490 e. The van der Waals surface area contributed by atoms with E-state index in [9.17, 15) is 9.59 Å². The van der Waals surface area contributed by atoms with Gasteiger partial charge in [-0.25, -0.2) is 4.79 Å². The van der Waals surface area contributed by atoms with Crippen molar-refractivity contribution in [2.45, 2.75) is 168 Å². The average Bonchev–Trinajstić information content (AvgIpc) is 3.19. The normalized spacial score (nSPS) is 11.0. The van der Waals surface area contributed by atoms with Crippen molar-refractivity contribution >= 4 is 11.9 Å². The smallest absolute Gasteiger partial charge is 0.343 e. The molecule has 3 aromatic rings. The van der Waals surface area contributed by atoms with Gasteiger partial charge in [-0.1, -0.05) is 160 Å². The number of hydrogen-bond donors (Lipinski definition) is 0. The molecule has 54 heavy (non-hydrogen) atoms. The molecule has 0 fully saturated rings. The van der Waals surface area contributed by atoms with Gasteiger partial charge in [-0.2, -0.15) is 0 Å². The molecule has 0 unspecified atom stereocenters. The van der Waals surface area contributed by atoms with E-state index in [2.05, 4.69) is 26.0 Å². The lowest BCUT2D eigenvalue weighted by molar-refractivity contribution is -0.134. The van der Waals surface area contributed by atoms with Gasteiger partial charge in [0, 0.05) is 6.42 Å². The second-order valence-corrected chi connectivity index (χ2v) is 14.8. The maximum absolute atomic E-state index is 13.2.